The number of nitro benzene ring substituents is 1. The van der Waals surface area contributed by atoms with Crippen LogP contribution in [-0.2, 0) is 27.2 Å². The number of benzene rings is 2. The fourth-order valence-corrected chi connectivity index (χ4v) is 2.42. The van der Waals surface area contributed by atoms with E-state index in [2.05, 4.69) is 9.99 Å². The Morgan fingerprint density at radius 3 is 2.61 bits per heavy atom. The molecule has 0 amide bonds. The van der Waals surface area contributed by atoms with Crippen LogP contribution in [0.3, 0.4) is 0 Å². The molecule has 2 aromatic carbocycles. The largest absolute Gasteiger partial charge is 0.479 e. The van der Waals surface area contributed by atoms with Crippen molar-refractivity contribution in [2.75, 3.05) is 13.2 Å². The van der Waals surface area contributed by atoms with E-state index >= 15 is 0 Å². The van der Waals surface area contributed by atoms with E-state index in [0.29, 0.717) is 6.07 Å². The Balaban J connectivity index is 2.09. The van der Waals surface area contributed by atoms with Crippen molar-refractivity contribution in [3.63, 3.8) is 0 Å². The number of nitrogens with zero attached hydrogens (tertiary/aromatic N) is 2. The number of hydrogen-bond acceptors (Lipinski definition) is 7. The van der Waals surface area contributed by atoms with Crippen molar-refractivity contribution in [1.29, 1.82) is 0 Å². The van der Waals surface area contributed by atoms with Crippen LogP contribution in [0.25, 0.3) is 0 Å². The summed E-state index contributed by atoms with van der Waals surface area (Å²) in [7, 11) is 0. The monoisotopic (exact) mass is 462 g/mol. The minimum Gasteiger partial charge on any atom is -0.479 e. The molecule has 0 saturated carbocycles. The average Bonchev–Trinajstić information content (AvgIpc) is 2.67. The number of halogens is 4. The molecule has 31 heavy (non-hydrogen) atoms. The van der Waals surface area contributed by atoms with Crippen LogP contribution in [0, 0.1) is 10.1 Å². The number of carboxylic acid groups (broad SMARTS) is 1. The minimum absolute atomic E-state index is 0.0712. The number of rotatable bonds is 10. The molecule has 0 atom stereocenters. The summed E-state index contributed by atoms with van der Waals surface area (Å²) in [4.78, 5) is 25.2. The number of ether oxygens (including phenoxy) is 2. The van der Waals surface area contributed by atoms with Crippen molar-refractivity contribution in [3.05, 3.63) is 62.7 Å². The van der Waals surface area contributed by atoms with Gasteiger partial charge in [0.05, 0.1) is 40.5 Å². The molecule has 0 aliphatic rings. The maximum absolute atomic E-state index is 12.7. The van der Waals surface area contributed by atoms with Crippen LogP contribution in [0.15, 0.2) is 41.6 Å². The molecular formula is C18H14ClF3N2O7. The first-order chi connectivity index (χ1) is 14.6. The molecule has 0 radical (unpaired) electrons. The van der Waals surface area contributed by atoms with E-state index in [9.17, 15) is 28.1 Å². The topological polar surface area (TPSA) is 120 Å². The van der Waals surface area contributed by atoms with Crippen molar-refractivity contribution < 1.29 is 42.3 Å². The number of nitro groups is 1. The van der Waals surface area contributed by atoms with Crippen LogP contribution in [-0.4, -0.2) is 35.4 Å². The molecule has 13 heteroatoms. The van der Waals surface area contributed by atoms with Crippen LogP contribution in [0.4, 0.5) is 18.9 Å². The third-order valence-corrected chi connectivity index (χ3v) is 3.82. The molecule has 1 N–H and O–H groups in total. The van der Waals surface area contributed by atoms with E-state index in [-0.39, 0.29) is 41.0 Å². The molecule has 2 rings (SSSR count). The van der Waals surface area contributed by atoms with Crippen LogP contribution < -0.4 is 4.74 Å². The molecule has 0 aliphatic heterocycles. The third-order valence-electron chi connectivity index (χ3n) is 3.52. The standard InChI is InChI=1S/C18H14ClF3N2O7/c19-14-8-12(18(20,21)22)1-4-16(14)31-13-2-3-15(24(27)28)11(7-13)9-29-6-5-23-30-10-17(25)26/h1-5,7-8H,6,9-10H2,(H,25,26). The van der Waals surface area contributed by atoms with Crippen LogP contribution in [0.1, 0.15) is 11.1 Å². The maximum atomic E-state index is 12.7. The van der Waals surface area contributed by atoms with Gasteiger partial charge in [-0.05, 0) is 30.3 Å². The summed E-state index contributed by atoms with van der Waals surface area (Å²) in [6.45, 7) is -1.00. The Labute approximate surface area is 177 Å². The van der Waals surface area contributed by atoms with Gasteiger partial charge >= 0.3 is 12.1 Å². The van der Waals surface area contributed by atoms with Crippen LogP contribution >= 0.6 is 11.6 Å². The van der Waals surface area contributed by atoms with E-state index in [1.165, 1.54) is 12.1 Å². The number of alkyl halides is 3. The van der Waals surface area contributed by atoms with E-state index in [1.807, 2.05) is 0 Å². The average molecular weight is 463 g/mol. The van der Waals surface area contributed by atoms with Crippen molar-refractivity contribution in [1.82, 2.24) is 0 Å². The number of aliphatic carboxylic acids is 1. The number of carbonyl (C=O) groups is 1. The summed E-state index contributed by atoms with van der Waals surface area (Å²) >= 11 is 5.85. The quantitative estimate of drug-likeness (QED) is 0.236. The molecule has 9 nitrogen and oxygen atoms in total. The van der Waals surface area contributed by atoms with Crippen molar-refractivity contribution in [2.45, 2.75) is 12.8 Å². The second-order valence-electron chi connectivity index (χ2n) is 5.76. The highest BCUT2D eigenvalue weighted by Gasteiger charge is 2.31. The van der Waals surface area contributed by atoms with Crippen LogP contribution in [0.5, 0.6) is 11.5 Å². The smallest absolute Gasteiger partial charge is 0.416 e. The highest BCUT2D eigenvalue weighted by molar-refractivity contribution is 6.32. The molecule has 166 valence electrons. The van der Waals surface area contributed by atoms with Gasteiger partial charge in [0.25, 0.3) is 5.69 Å². The minimum atomic E-state index is -4.57. The Bertz CT molecular complexity index is 983. The Kier molecular flexibility index (Phi) is 8.16. The van der Waals surface area contributed by atoms with Gasteiger partial charge in [0.1, 0.15) is 11.5 Å². The summed E-state index contributed by atoms with van der Waals surface area (Å²) in [6, 6.07) is 6.23. The van der Waals surface area contributed by atoms with Gasteiger partial charge in [0, 0.05) is 6.07 Å². The normalized spacial score (nSPS) is 11.5. The van der Waals surface area contributed by atoms with Crippen molar-refractivity contribution in [2.24, 2.45) is 5.16 Å². The van der Waals surface area contributed by atoms with E-state index in [0.717, 1.165) is 24.4 Å². The fraction of sp³-hybridized carbons (Fsp3) is 0.222. The molecule has 0 heterocycles. The molecule has 0 aliphatic carbocycles. The number of hydrogen-bond donors (Lipinski definition) is 1. The summed E-state index contributed by atoms with van der Waals surface area (Å²) < 4.78 is 48.9. The Morgan fingerprint density at radius 1 is 1.26 bits per heavy atom. The van der Waals surface area contributed by atoms with Gasteiger partial charge in [0.15, 0.2) is 0 Å². The van der Waals surface area contributed by atoms with Gasteiger partial charge in [-0.2, -0.15) is 13.2 Å². The van der Waals surface area contributed by atoms with Crippen LogP contribution in [0.2, 0.25) is 5.02 Å². The van der Waals surface area contributed by atoms with Gasteiger partial charge in [-0.1, -0.05) is 16.8 Å². The van der Waals surface area contributed by atoms with Gasteiger partial charge in [0.2, 0.25) is 6.61 Å². The molecule has 0 aromatic heterocycles. The number of oxime groups is 1. The van der Waals surface area contributed by atoms with Gasteiger partial charge < -0.3 is 19.4 Å². The summed E-state index contributed by atoms with van der Waals surface area (Å²) in [6.07, 6.45) is -3.45. The predicted molar refractivity (Wildman–Crippen MR) is 101 cm³/mol. The first-order valence-electron chi connectivity index (χ1n) is 8.33. The van der Waals surface area contributed by atoms with Gasteiger partial charge in [-0.3, -0.25) is 10.1 Å². The molecule has 0 spiro atoms. The lowest BCUT2D eigenvalue weighted by molar-refractivity contribution is -0.385. The lowest BCUT2D eigenvalue weighted by Crippen LogP contribution is -2.05. The second-order valence-corrected chi connectivity index (χ2v) is 6.17. The lowest BCUT2D eigenvalue weighted by atomic mass is 10.1. The summed E-state index contributed by atoms with van der Waals surface area (Å²) in [5.74, 6) is -1.19. The zero-order chi connectivity index (χ0) is 23.0. The van der Waals surface area contributed by atoms with Crippen molar-refractivity contribution in [3.8, 4) is 11.5 Å². The van der Waals surface area contributed by atoms with E-state index in [1.54, 1.807) is 0 Å². The Morgan fingerprint density at radius 2 is 2.00 bits per heavy atom. The molecule has 0 unspecified atom stereocenters. The second kappa shape index (κ2) is 10.6. The fourth-order valence-electron chi connectivity index (χ4n) is 2.20. The maximum Gasteiger partial charge on any atom is 0.416 e. The molecular weight excluding hydrogens is 449 g/mol. The highest BCUT2D eigenvalue weighted by atomic mass is 35.5. The van der Waals surface area contributed by atoms with Crippen molar-refractivity contribution >= 4 is 29.5 Å². The molecule has 0 saturated heterocycles. The Hall–Kier alpha value is -3.38. The number of carboxylic acids is 1. The molecule has 2 aromatic rings. The third kappa shape index (κ3) is 7.42. The van der Waals surface area contributed by atoms with Gasteiger partial charge in [-0.15, -0.1) is 0 Å². The zero-order valence-corrected chi connectivity index (χ0v) is 16.2. The first-order valence-corrected chi connectivity index (χ1v) is 8.71. The predicted octanol–water partition coefficient (Wildman–Crippen LogP) is 4.66. The van der Waals surface area contributed by atoms with E-state index < -0.39 is 29.2 Å². The summed E-state index contributed by atoms with van der Waals surface area (Å²) in [5, 5.41) is 22.6. The summed E-state index contributed by atoms with van der Waals surface area (Å²) in [5.41, 5.74) is -1.10. The SMILES string of the molecule is O=C(O)CON=CCOCc1cc(Oc2ccc(C(F)(F)F)cc2Cl)ccc1[N+](=O)[O-]. The zero-order valence-electron chi connectivity index (χ0n) is 15.5. The first kappa shape index (κ1) is 23.9. The van der Waals surface area contributed by atoms with E-state index in [4.69, 9.17) is 26.2 Å². The molecule has 0 fully saturated rings. The highest BCUT2D eigenvalue weighted by Crippen LogP contribution is 2.37. The lowest BCUT2D eigenvalue weighted by Gasteiger charge is -2.12. The molecule has 0 bridgehead atoms. The van der Waals surface area contributed by atoms with Gasteiger partial charge in [-0.25, -0.2) is 4.79 Å².